The van der Waals surface area contributed by atoms with Gasteiger partial charge >= 0.3 is 11.9 Å². The van der Waals surface area contributed by atoms with Gasteiger partial charge in [-0.15, -0.1) is 0 Å². The quantitative estimate of drug-likeness (QED) is 0.184. The highest BCUT2D eigenvalue weighted by Crippen LogP contribution is 2.77. The highest BCUT2D eigenvalue weighted by molar-refractivity contribution is 6.00. The van der Waals surface area contributed by atoms with Gasteiger partial charge in [0.15, 0.2) is 5.78 Å². The first-order valence-corrected chi connectivity index (χ1v) is 20.9. The Hall–Kier alpha value is -2.62. The zero-order valence-corrected chi connectivity index (χ0v) is 34.7. The number of aliphatic hydroxyl groups excluding tert-OH is 1. The number of esters is 1. The summed E-state index contributed by atoms with van der Waals surface area (Å²) >= 11 is 0. The molecular weight excluding hydrogens is 679 g/mol. The standard InChI is InChI=1S/C45H69N3O6/c1-28(2)37-31(49)24-45(34(50)27-48(23-20-46)26-29-14-21-47-22-15-29)19-18-43(8)30(38(37)45)10-11-33-42(7)16-13-35(54-36(51)25-40(3,4)39(52)53)41(5,6)32(42)12-17-44(33,43)9/h14-15,21-22,28,30,32-35,50H,10-13,16-20,23-27,46H2,1-9H3,(H,52,53)/t30-,32+,33-,34?,35+,42+,43-,44-,45?/m1/s1. The zero-order valence-electron chi connectivity index (χ0n) is 34.7. The van der Waals surface area contributed by atoms with E-state index in [2.05, 4.69) is 58.4 Å². The van der Waals surface area contributed by atoms with E-state index in [4.69, 9.17) is 10.5 Å². The molecule has 1 heterocycles. The Morgan fingerprint density at radius 1 is 0.981 bits per heavy atom. The predicted octanol–water partition coefficient (Wildman–Crippen LogP) is 7.60. The van der Waals surface area contributed by atoms with E-state index in [0.717, 1.165) is 62.5 Å². The van der Waals surface area contributed by atoms with Gasteiger partial charge in [-0.1, -0.05) is 54.0 Å². The molecule has 4 N–H and O–H groups in total. The van der Waals surface area contributed by atoms with Crippen molar-refractivity contribution < 1.29 is 29.3 Å². The molecule has 4 fully saturated rings. The van der Waals surface area contributed by atoms with Crippen LogP contribution in [0.4, 0.5) is 0 Å². The fourth-order valence-corrected chi connectivity index (χ4v) is 13.5. The minimum atomic E-state index is -1.17. The molecule has 2 unspecified atom stereocenters. The summed E-state index contributed by atoms with van der Waals surface area (Å²) in [5.74, 6) is -0.0182. The van der Waals surface area contributed by atoms with E-state index in [9.17, 15) is 24.6 Å². The van der Waals surface area contributed by atoms with E-state index in [0.29, 0.717) is 44.4 Å². The molecule has 0 spiro atoms. The topological polar surface area (TPSA) is 143 Å². The summed E-state index contributed by atoms with van der Waals surface area (Å²) < 4.78 is 6.18. The summed E-state index contributed by atoms with van der Waals surface area (Å²) in [6.07, 6.45) is 10.7. The number of hydrogen-bond donors (Lipinski definition) is 3. The van der Waals surface area contributed by atoms with Crippen molar-refractivity contribution in [3.63, 3.8) is 0 Å². The van der Waals surface area contributed by atoms with Crippen LogP contribution < -0.4 is 5.73 Å². The zero-order chi connectivity index (χ0) is 39.6. The van der Waals surface area contributed by atoms with Gasteiger partial charge in [0.25, 0.3) is 0 Å². The van der Waals surface area contributed by atoms with Crippen molar-refractivity contribution in [3.8, 4) is 0 Å². The molecule has 5 aliphatic carbocycles. The van der Waals surface area contributed by atoms with Gasteiger partial charge in [-0.3, -0.25) is 24.3 Å². The summed E-state index contributed by atoms with van der Waals surface area (Å²) in [6.45, 7) is 21.9. The molecule has 9 nitrogen and oxygen atoms in total. The molecule has 1 aromatic rings. The van der Waals surface area contributed by atoms with Crippen LogP contribution in [0.5, 0.6) is 0 Å². The van der Waals surface area contributed by atoms with E-state index >= 15 is 0 Å². The summed E-state index contributed by atoms with van der Waals surface area (Å²) in [7, 11) is 0. The maximum atomic E-state index is 14.2. The van der Waals surface area contributed by atoms with Gasteiger partial charge < -0.3 is 20.7 Å². The molecule has 0 aliphatic heterocycles. The Morgan fingerprint density at radius 2 is 1.67 bits per heavy atom. The lowest BCUT2D eigenvalue weighted by molar-refractivity contribution is -0.235. The Kier molecular flexibility index (Phi) is 10.9. The number of nitrogens with two attached hydrogens (primary N) is 1. The first-order valence-electron chi connectivity index (χ1n) is 20.9. The van der Waals surface area contributed by atoms with Crippen molar-refractivity contribution in [2.45, 2.75) is 145 Å². The Bertz CT molecular complexity index is 1640. The number of hydrogen-bond acceptors (Lipinski definition) is 8. The smallest absolute Gasteiger partial charge is 0.309 e. The second-order valence-electron chi connectivity index (χ2n) is 20.5. The number of Topliss-reactive ketones (excluding diaryl/α,β-unsaturated/α-hetero) is 1. The van der Waals surface area contributed by atoms with Crippen LogP contribution in [-0.4, -0.2) is 69.7 Å². The van der Waals surface area contributed by atoms with Crippen molar-refractivity contribution in [1.29, 1.82) is 0 Å². The average molecular weight is 748 g/mol. The molecule has 0 amide bonds. The van der Waals surface area contributed by atoms with Crippen LogP contribution in [0.1, 0.15) is 132 Å². The maximum Gasteiger partial charge on any atom is 0.309 e. The predicted molar refractivity (Wildman–Crippen MR) is 210 cm³/mol. The lowest BCUT2D eigenvalue weighted by Crippen LogP contribution is -2.66. The van der Waals surface area contributed by atoms with Crippen molar-refractivity contribution in [1.82, 2.24) is 9.88 Å². The first-order chi connectivity index (χ1) is 25.2. The molecule has 0 aromatic carbocycles. The van der Waals surface area contributed by atoms with E-state index in [1.807, 2.05) is 12.1 Å². The highest BCUT2D eigenvalue weighted by atomic mass is 16.5. The number of aliphatic carboxylic acids is 1. The Balaban J connectivity index is 1.29. The molecule has 0 radical (unpaired) electrons. The number of nitrogens with zero attached hydrogens (tertiary/aromatic N) is 2. The van der Waals surface area contributed by atoms with Crippen LogP contribution in [0, 0.1) is 56.2 Å². The van der Waals surface area contributed by atoms with Gasteiger partial charge in [-0.05, 0) is 128 Å². The fourth-order valence-electron chi connectivity index (χ4n) is 13.5. The second-order valence-corrected chi connectivity index (χ2v) is 20.5. The monoisotopic (exact) mass is 748 g/mol. The van der Waals surface area contributed by atoms with E-state index in [1.54, 1.807) is 26.2 Å². The summed E-state index contributed by atoms with van der Waals surface area (Å²) in [5, 5.41) is 22.1. The number of carbonyl (C=O) groups excluding carboxylic acids is 2. The normalized spacial score (nSPS) is 36.6. The number of pyridine rings is 1. The molecule has 0 saturated heterocycles. The Morgan fingerprint density at radius 3 is 2.30 bits per heavy atom. The van der Waals surface area contributed by atoms with E-state index in [-0.39, 0.29) is 51.8 Å². The van der Waals surface area contributed by atoms with E-state index in [1.165, 1.54) is 5.57 Å². The summed E-state index contributed by atoms with van der Waals surface area (Å²) in [5.41, 5.74) is 7.59. The van der Waals surface area contributed by atoms with Gasteiger partial charge in [0, 0.05) is 55.8 Å². The number of ether oxygens (including phenoxy) is 1. The number of allylic oxidation sites excluding steroid dienone is 1. The molecule has 0 bridgehead atoms. The molecule has 1 aromatic heterocycles. The Labute approximate surface area is 324 Å². The van der Waals surface area contributed by atoms with Crippen LogP contribution in [0.3, 0.4) is 0 Å². The minimum absolute atomic E-state index is 0.0307. The molecule has 54 heavy (non-hydrogen) atoms. The lowest BCUT2D eigenvalue weighted by Gasteiger charge is -2.72. The third-order valence-electron chi connectivity index (χ3n) is 16.5. The van der Waals surface area contributed by atoms with Crippen LogP contribution in [-0.2, 0) is 25.7 Å². The lowest BCUT2D eigenvalue weighted by atomic mass is 9.33. The van der Waals surface area contributed by atoms with Crippen molar-refractivity contribution in [3.05, 3.63) is 41.2 Å². The van der Waals surface area contributed by atoms with Crippen LogP contribution in [0.15, 0.2) is 35.7 Å². The van der Waals surface area contributed by atoms with Crippen LogP contribution >= 0.6 is 0 Å². The number of carboxylic acids is 1. The highest BCUT2D eigenvalue weighted by Gasteiger charge is 2.70. The van der Waals surface area contributed by atoms with Gasteiger partial charge in [0.05, 0.1) is 17.9 Å². The van der Waals surface area contributed by atoms with Gasteiger partial charge in [0.1, 0.15) is 6.10 Å². The number of carbonyl (C=O) groups is 3. The second kappa shape index (κ2) is 14.4. The SMILES string of the molecule is CC(C)C1=C2[C@H]3CC[C@@H]4[C@@]5(C)CC[C@H](OC(=O)CC(C)(C)C(=O)O)C(C)(C)[C@@H]5CC[C@@]4(C)[C@]3(C)CCC2(C(O)CN(CCN)Cc2ccncc2)CC1=O. The molecule has 4 saturated carbocycles. The first kappa shape index (κ1) is 41.0. The third-order valence-corrected chi connectivity index (χ3v) is 16.5. The average Bonchev–Trinajstić information content (AvgIpc) is 3.40. The summed E-state index contributed by atoms with van der Waals surface area (Å²) in [4.78, 5) is 45.5. The third kappa shape index (κ3) is 6.50. The largest absolute Gasteiger partial charge is 0.481 e. The number of aromatic nitrogens is 1. The summed E-state index contributed by atoms with van der Waals surface area (Å²) in [6, 6.07) is 4.03. The fraction of sp³-hybridized carbons (Fsp3) is 0.778. The van der Waals surface area contributed by atoms with Crippen molar-refractivity contribution >= 4 is 17.7 Å². The molecule has 9 atom stereocenters. The van der Waals surface area contributed by atoms with Gasteiger partial charge in [-0.2, -0.15) is 0 Å². The number of ketones is 1. The van der Waals surface area contributed by atoms with Crippen molar-refractivity contribution in [2.75, 3.05) is 19.6 Å². The van der Waals surface area contributed by atoms with Crippen LogP contribution in [0.25, 0.3) is 0 Å². The number of aliphatic hydroxyl groups is 1. The number of fused-ring (bicyclic) bond motifs is 7. The van der Waals surface area contributed by atoms with Crippen LogP contribution in [0.2, 0.25) is 0 Å². The van der Waals surface area contributed by atoms with Crippen molar-refractivity contribution in [2.24, 2.45) is 61.9 Å². The minimum Gasteiger partial charge on any atom is -0.481 e. The number of rotatable bonds is 12. The molecule has 300 valence electrons. The van der Waals surface area contributed by atoms with E-state index < -0.39 is 28.9 Å². The van der Waals surface area contributed by atoms with Gasteiger partial charge in [-0.25, -0.2) is 0 Å². The molecular formula is C45H69N3O6. The molecule has 6 rings (SSSR count). The number of carboxylic acid groups (broad SMARTS) is 1. The molecule has 5 aliphatic rings. The maximum absolute atomic E-state index is 14.2. The van der Waals surface area contributed by atoms with Gasteiger partial charge in [0.2, 0.25) is 0 Å². The molecule has 9 heteroatoms.